The van der Waals surface area contributed by atoms with Gasteiger partial charge in [0.2, 0.25) is 5.75 Å². The molecule has 0 saturated carbocycles. The van der Waals surface area contributed by atoms with Crippen LogP contribution in [0.3, 0.4) is 0 Å². The molecular formula is C16H18O3S. The second-order valence-corrected chi connectivity index (χ2v) is 5.17. The number of hydrogen-bond acceptors (Lipinski definition) is 4. The third-order valence-electron chi connectivity index (χ3n) is 2.72. The monoisotopic (exact) mass is 290 g/mol. The third kappa shape index (κ3) is 3.84. The lowest BCUT2D eigenvalue weighted by molar-refractivity contribution is 0.290. The van der Waals surface area contributed by atoms with Gasteiger partial charge in [0.1, 0.15) is 0 Å². The second-order valence-electron chi connectivity index (χ2n) is 4.00. The van der Waals surface area contributed by atoms with Crippen LogP contribution in [0.2, 0.25) is 0 Å². The summed E-state index contributed by atoms with van der Waals surface area (Å²) in [6, 6.07) is 15.9. The van der Waals surface area contributed by atoms with Crippen LogP contribution in [0.1, 0.15) is 0 Å². The largest absolute Gasteiger partial charge is 0.493 e. The molecule has 2 rings (SSSR count). The molecule has 0 aromatic heterocycles. The number of rotatable bonds is 7. The first-order valence-corrected chi connectivity index (χ1v) is 7.35. The summed E-state index contributed by atoms with van der Waals surface area (Å²) in [5.41, 5.74) is 0. The number of methoxy groups -OCH3 is 2. The predicted molar refractivity (Wildman–Crippen MR) is 82.2 cm³/mol. The van der Waals surface area contributed by atoms with Crippen LogP contribution in [0, 0.1) is 0 Å². The van der Waals surface area contributed by atoms with E-state index in [9.17, 15) is 0 Å². The quantitative estimate of drug-likeness (QED) is 0.571. The molecule has 0 saturated heterocycles. The first-order chi connectivity index (χ1) is 9.85. The van der Waals surface area contributed by atoms with Crippen LogP contribution < -0.4 is 14.2 Å². The van der Waals surface area contributed by atoms with E-state index in [4.69, 9.17) is 14.2 Å². The first kappa shape index (κ1) is 14.6. The van der Waals surface area contributed by atoms with E-state index in [1.165, 1.54) is 4.90 Å². The molecule has 0 aliphatic rings. The number of benzene rings is 2. The smallest absolute Gasteiger partial charge is 0.203 e. The summed E-state index contributed by atoms with van der Waals surface area (Å²) < 4.78 is 16.4. The standard InChI is InChI=1S/C16H18O3S/c1-17-14-9-6-10-15(18-2)16(14)19-11-12-20-13-7-4-3-5-8-13/h3-10H,11-12H2,1-2H3. The van der Waals surface area contributed by atoms with Crippen molar-refractivity contribution in [3.63, 3.8) is 0 Å². The zero-order chi connectivity index (χ0) is 14.2. The van der Waals surface area contributed by atoms with Gasteiger partial charge in [0.25, 0.3) is 0 Å². The Morgan fingerprint density at radius 2 is 1.50 bits per heavy atom. The molecule has 0 bridgehead atoms. The van der Waals surface area contributed by atoms with E-state index in [-0.39, 0.29) is 0 Å². The van der Waals surface area contributed by atoms with Crippen LogP contribution in [0.25, 0.3) is 0 Å². The fourth-order valence-corrected chi connectivity index (χ4v) is 2.53. The molecule has 0 heterocycles. The molecule has 0 aliphatic heterocycles. The molecule has 20 heavy (non-hydrogen) atoms. The molecule has 0 fully saturated rings. The van der Waals surface area contributed by atoms with Crippen molar-refractivity contribution in [2.75, 3.05) is 26.6 Å². The minimum Gasteiger partial charge on any atom is -0.493 e. The summed E-state index contributed by atoms with van der Waals surface area (Å²) in [6.45, 7) is 0.594. The molecule has 4 heteroatoms. The molecule has 3 nitrogen and oxygen atoms in total. The fraction of sp³-hybridized carbons (Fsp3) is 0.250. The van der Waals surface area contributed by atoms with Crippen LogP contribution in [-0.2, 0) is 0 Å². The minimum absolute atomic E-state index is 0.594. The number of hydrogen-bond donors (Lipinski definition) is 0. The van der Waals surface area contributed by atoms with Crippen LogP contribution in [0.15, 0.2) is 53.4 Å². The Hall–Kier alpha value is -1.81. The molecule has 2 aromatic carbocycles. The van der Waals surface area contributed by atoms with E-state index < -0.39 is 0 Å². The molecule has 0 amide bonds. The third-order valence-corrected chi connectivity index (χ3v) is 3.70. The van der Waals surface area contributed by atoms with E-state index in [0.29, 0.717) is 23.9 Å². The molecule has 0 N–H and O–H groups in total. The highest BCUT2D eigenvalue weighted by molar-refractivity contribution is 7.99. The average molecular weight is 290 g/mol. The lowest BCUT2D eigenvalue weighted by Crippen LogP contribution is -2.03. The zero-order valence-corrected chi connectivity index (χ0v) is 12.5. The van der Waals surface area contributed by atoms with Crippen LogP contribution in [0.4, 0.5) is 0 Å². The van der Waals surface area contributed by atoms with E-state index in [0.717, 1.165) is 5.75 Å². The maximum atomic E-state index is 5.80. The first-order valence-electron chi connectivity index (χ1n) is 6.37. The van der Waals surface area contributed by atoms with Crippen LogP contribution >= 0.6 is 11.8 Å². The summed E-state index contributed by atoms with van der Waals surface area (Å²) in [7, 11) is 3.25. The highest BCUT2D eigenvalue weighted by Crippen LogP contribution is 2.36. The van der Waals surface area contributed by atoms with Crippen molar-refractivity contribution in [2.45, 2.75) is 4.90 Å². The Bertz CT molecular complexity index is 506. The Morgan fingerprint density at radius 1 is 0.850 bits per heavy atom. The van der Waals surface area contributed by atoms with Gasteiger partial charge in [-0.1, -0.05) is 24.3 Å². The van der Waals surface area contributed by atoms with E-state index in [2.05, 4.69) is 12.1 Å². The van der Waals surface area contributed by atoms with Gasteiger partial charge in [-0.25, -0.2) is 0 Å². The van der Waals surface area contributed by atoms with Crippen molar-refractivity contribution in [1.29, 1.82) is 0 Å². The number of thioether (sulfide) groups is 1. The van der Waals surface area contributed by atoms with Gasteiger partial charge in [-0.3, -0.25) is 0 Å². The second kappa shape index (κ2) is 7.70. The number of ether oxygens (including phenoxy) is 3. The number of para-hydroxylation sites is 1. The molecule has 0 unspecified atom stereocenters. The SMILES string of the molecule is COc1cccc(OC)c1OCCSc1ccccc1. The van der Waals surface area contributed by atoms with Gasteiger partial charge in [0, 0.05) is 10.6 Å². The van der Waals surface area contributed by atoms with E-state index in [1.54, 1.807) is 26.0 Å². The Labute approximate surface area is 123 Å². The van der Waals surface area contributed by atoms with Gasteiger partial charge in [-0.05, 0) is 24.3 Å². The van der Waals surface area contributed by atoms with Crippen molar-refractivity contribution in [3.8, 4) is 17.2 Å². The summed E-state index contributed by atoms with van der Waals surface area (Å²) in [5.74, 6) is 2.90. The van der Waals surface area contributed by atoms with Gasteiger partial charge in [0.15, 0.2) is 11.5 Å². The van der Waals surface area contributed by atoms with Gasteiger partial charge < -0.3 is 14.2 Å². The van der Waals surface area contributed by atoms with Gasteiger partial charge in [-0.2, -0.15) is 0 Å². The maximum absolute atomic E-state index is 5.80. The Kier molecular flexibility index (Phi) is 5.62. The van der Waals surface area contributed by atoms with Crippen molar-refractivity contribution in [2.24, 2.45) is 0 Å². The summed E-state index contributed by atoms with van der Waals surface area (Å²) in [5, 5.41) is 0. The maximum Gasteiger partial charge on any atom is 0.203 e. The summed E-state index contributed by atoms with van der Waals surface area (Å²) in [6.07, 6.45) is 0. The minimum atomic E-state index is 0.594. The fourth-order valence-electron chi connectivity index (χ4n) is 1.78. The lowest BCUT2D eigenvalue weighted by Gasteiger charge is -2.13. The lowest BCUT2D eigenvalue weighted by atomic mass is 10.3. The van der Waals surface area contributed by atoms with Gasteiger partial charge >= 0.3 is 0 Å². The van der Waals surface area contributed by atoms with Crippen molar-refractivity contribution < 1.29 is 14.2 Å². The summed E-state index contributed by atoms with van der Waals surface area (Å²) >= 11 is 1.76. The molecule has 0 radical (unpaired) electrons. The van der Waals surface area contributed by atoms with Crippen molar-refractivity contribution >= 4 is 11.8 Å². The summed E-state index contributed by atoms with van der Waals surface area (Å²) in [4.78, 5) is 1.24. The van der Waals surface area contributed by atoms with E-state index >= 15 is 0 Å². The highest BCUT2D eigenvalue weighted by atomic mass is 32.2. The highest BCUT2D eigenvalue weighted by Gasteiger charge is 2.10. The van der Waals surface area contributed by atoms with Crippen LogP contribution in [0.5, 0.6) is 17.2 Å². The van der Waals surface area contributed by atoms with Crippen molar-refractivity contribution in [3.05, 3.63) is 48.5 Å². The molecular weight excluding hydrogens is 272 g/mol. The molecule has 0 spiro atoms. The predicted octanol–water partition coefficient (Wildman–Crippen LogP) is 3.87. The van der Waals surface area contributed by atoms with E-state index in [1.807, 2.05) is 36.4 Å². The topological polar surface area (TPSA) is 27.7 Å². The average Bonchev–Trinajstić information content (AvgIpc) is 2.52. The molecule has 0 aliphatic carbocycles. The van der Waals surface area contributed by atoms with Crippen molar-refractivity contribution in [1.82, 2.24) is 0 Å². The molecule has 106 valence electrons. The Morgan fingerprint density at radius 3 is 2.10 bits per heavy atom. The molecule has 0 atom stereocenters. The van der Waals surface area contributed by atoms with Crippen LogP contribution in [-0.4, -0.2) is 26.6 Å². The van der Waals surface area contributed by atoms with Gasteiger partial charge in [0.05, 0.1) is 20.8 Å². The zero-order valence-electron chi connectivity index (χ0n) is 11.7. The Balaban J connectivity index is 1.90. The molecule has 2 aromatic rings. The van der Waals surface area contributed by atoms with Gasteiger partial charge in [-0.15, -0.1) is 11.8 Å². The normalized spacial score (nSPS) is 10.1.